The summed E-state index contributed by atoms with van der Waals surface area (Å²) in [6.07, 6.45) is 0. The normalized spacial score (nSPS) is 14.3. The topological polar surface area (TPSA) is 26.3 Å². The van der Waals surface area contributed by atoms with E-state index in [9.17, 15) is 9.18 Å². The maximum Gasteiger partial charge on any atom is 0.364 e. The van der Waals surface area contributed by atoms with Crippen LogP contribution in [0.3, 0.4) is 0 Å². The van der Waals surface area contributed by atoms with Crippen LogP contribution in [0.1, 0.15) is 18.1 Å². The van der Waals surface area contributed by atoms with Gasteiger partial charge in [-0.05, 0) is 19.4 Å². The van der Waals surface area contributed by atoms with Crippen molar-refractivity contribution in [1.29, 1.82) is 0 Å². The average molecular weight is 265 g/mol. The number of esters is 1. The molecule has 16 heavy (non-hydrogen) atoms. The number of halogens is 3. The van der Waals surface area contributed by atoms with Crippen LogP contribution < -0.4 is 0 Å². The molecule has 0 spiro atoms. The third-order valence-corrected chi connectivity index (χ3v) is 2.92. The molecule has 88 valence electrons. The summed E-state index contributed by atoms with van der Waals surface area (Å²) in [4.78, 5) is 11.3. The molecule has 0 N–H and O–H groups in total. The van der Waals surface area contributed by atoms with E-state index in [1.807, 2.05) is 0 Å². The number of carbonyl (C=O) groups excluding carboxylic acids is 1. The first-order chi connectivity index (χ1) is 7.41. The van der Waals surface area contributed by atoms with Gasteiger partial charge in [0.15, 0.2) is 0 Å². The predicted molar refractivity (Wildman–Crippen MR) is 61.5 cm³/mol. The molecular weight excluding hydrogens is 254 g/mol. The van der Waals surface area contributed by atoms with Crippen LogP contribution in [0.5, 0.6) is 0 Å². The summed E-state index contributed by atoms with van der Waals surface area (Å²) in [7, 11) is 0. The Labute approximate surface area is 103 Å². The van der Waals surface area contributed by atoms with Crippen molar-refractivity contribution in [1.82, 2.24) is 0 Å². The van der Waals surface area contributed by atoms with Gasteiger partial charge in [-0.25, -0.2) is 9.18 Å². The molecule has 0 saturated carbocycles. The summed E-state index contributed by atoms with van der Waals surface area (Å²) in [5.41, 5.74) is 0.556. The largest absolute Gasteiger partial charge is 0.462 e. The lowest BCUT2D eigenvalue weighted by atomic mass is 10.1. The van der Waals surface area contributed by atoms with Gasteiger partial charge in [0.25, 0.3) is 0 Å². The third-order valence-electron chi connectivity index (χ3n) is 2.06. The van der Waals surface area contributed by atoms with Gasteiger partial charge in [0.1, 0.15) is 0 Å². The first-order valence-corrected chi connectivity index (χ1v) is 5.47. The van der Waals surface area contributed by atoms with Crippen LogP contribution >= 0.6 is 23.2 Å². The van der Waals surface area contributed by atoms with Crippen molar-refractivity contribution in [2.45, 2.75) is 19.0 Å². The Bertz CT molecular complexity index is 405. The van der Waals surface area contributed by atoms with Crippen LogP contribution in [0.2, 0.25) is 5.02 Å². The van der Waals surface area contributed by atoms with Crippen LogP contribution in [-0.2, 0) is 14.7 Å². The SMILES string of the molecule is CCOC(=O)C(F)(Cl)c1cccc(C)c1Cl. The quantitative estimate of drug-likeness (QED) is 0.616. The summed E-state index contributed by atoms with van der Waals surface area (Å²) in [5.74, 6) is -1.15. The Morgan fingerprint density at radius 2 is 2.19 bits per heavy atom. The molecule has 2 nitrogen and oxygen atoms in total. The molecule has 1 rings (SSSR count). The van der Waals surface area contributed by atoms with Gasteiger partial charge in [-0.1, -0.05) is 41.4 Å². The Morgan fingerprint density at radius 1 is 1.56 bits per heavy atom. The lowest BCUT2D eigenvalue weighted by Crippen LogP contribution is -2.27. The smallest absolute Gasteiger partial charge is 0.364 e. The summed E-state index contributed by atoms with van der Waals surface area (Å²) in [6, 6.07) is 4.63. The fourth-order valence-electron chi connectivity index (χ4n) is 1.22. The maximum atomic E-state index is 14.1. The van der Waals surface area contributed by atoms with Gasteiger partial charge >= 0.3 is 11.1 Å². The van der Waals surface area contributed by atoms with Crippen molar-refractivity contribution in [2.24, 2.45) is 0 Å². The number of alkyl halides is 2. The van der Waals surface area contributed by atoms with E-state index >= 15 is 0 Å². The lowest BCUT2D eigenvalue weighted by molar-refractivity contribution is -0.152. The monoisotopic (exact) mass is 264 g/mol. The maximum absolute atomic E-state index is 14.1. The molecule has 1 aromatic rings. The van der Waals surface area contributed by atoms with Gasteiger partial charge in [0.2, 0.25) is 0 Å². The van der Waals surface area contributed by atoms with E-state index in [-0.39, 0.29) is 17.2 Å². The highest BCUT2D eigenvalue weighted by molar-refractivity contribution is 6.37. The zero-order valence-corrected chi connectivity index (χ0v) is 10.4. The van der Waals surface area contributed by atoms with Crippen molar-refractivity contribution in [3.8, 4) is 0 Å². The van der Waals surface area contributed by atoms with Crippen LogP contribution in [-0.4, -0.2) is 12.6 Å². The molecule has 1 aromatic carbocycles. The van der Waals surface area contributed by atoms with Crippen LogP contribution in [0.15, 0.2) is 18.2 Å². The molecule has 0 heterocycles. The number of hydrogen-bond acceptors (Lipinski definition) is 2. The van der Waals surface area contributed by atoms with E-state index in [0.717, 1.165) is 0 Å². The summed E-state index contributed by atoms with van der Waals surface area (Å²) in [5, 5.41) is -2.60. The van der Waals surface area contributed by atoms with Gasteiger partial charge in [-0.3, -0.25) is 0 Å². The van der Waals surface area contributed by atoms with Crippen LogP contribution in [0.25, 0.3) is 0 Å². The predicted octanol–water partition coefficient (Wildman–Crippen LogP) is 3.57. The first-order valence-electron chi connectivity index (χ1n) is 4.71. The van der Waals surface area contributed by atoms with Gasteiger partial charge in [-0.2, -0.15) is 0 Å². The van der Waals surface area contributed by atoms with E-state index in [0.29, 0.717) is 5.56 Å². The number of hydrogen-bond donors (Lipinski definition) is 0. The Morgan fingerprint density at radius 3 is 2.75 bits per heavy atom. The average Bonchev–Trinajstić information content (AvgIpc) is 2.22. The van der Waals surface area contributed by atoms with Gasteiger partial charge in [-0.15, -0.1) is 0 Å². The minimum Gasteiger partial charge on any atom is -0.462 e. The molecule has 0 saturated heterocycles. The summed E-state index contributed by atoms with van der Waals surface area (Å²) in [6.45, 7) is 3.33. The van der Waals surface area contributed by atoms with Gasteiger partial charge in [0.05, 0.1) is 11.6 Å². The highest BCUT2D eigenvalue weighted by atomic mass is 35.5. The minimum absolute atomic E-state index is 0.0562. The second kappa shape index (κ2) is 5.02. The van der Waals surface area contributed by atoms with E-state index < -0.39 is 11.1 Å². The lowest BCUT2D eigenvalue weighted by Gasteiger charge is -2.18. The molecule has 0 bridgehead atoms. The molecule has 0 fully saturated rings. The second-order valence-corrected chi connectivity index (χ2v) is 4.13. The molecule has 0 aliphatic heterocycles. The fraction of sp³-hybridized carbons (Fsp3) is 0.364. The van der Waals surface area contributed by atoms with E-state index in [1.165, 1.54) is 6.07 Å². The van der Waals surface area contributed by atoms with Crippen molar-refractivity contribution in [3.05, 3.63) is 34.3 Å². The Balaban J connectivity index is 3.16. The summed E-state index contributed by atoms with van der Waals surface area (Å²) < 4.78 is 18.6. The van der Waals surface area contributed by atoms with Gasteiger partial charge in [0, 0.05) is 5.56 Å². The highest BCUT2D eigenvalue weighted by Gasteiger charge is 2.42. The number of ether oxygens (including phenoxy) is 1. The number of benzene rings is 1. The van der Waals surface area contributed by atoms with Crippen molar-refractivity contribution < 1.29 is 13.9 Å². The van der Waals surface area contributed by atoms with Crippen molar-refractivity contribution in [3.63, 3.8) is 0 Å². The number of rotatable bonds is 3. The standard InChI is InChI=1S/C11H11Cl2FO2/c1-3-16-10(15)11(13,14)8-6-4-5-7(2)9(8)12/h4-6H,3H2,1-2H3. The van der Waals surface area contributed by atoms with Gasteiger partial charge < -0.3 is 4.74 Å². The molecule has 1 unspecified atom stereocenters. The van der Waals surface area contributed by atoms with E-state index in [4.69, 9.17) is 23.2 Å². The molecule has 0 radical (unpaired) electrons. The Hall–Kier alpha value is -0.800. The number of aryl methyl sites for hydroxylation is 1. The first kappa shape index (κ1) is 13.3. The highest BCUT2D eigenvalue weighted by Crippen LogP contribution is 2.38. The van der Waals surface area contributed by atoms with E-state index in [1.54, 1.807) is 26.0 Å². The van der Waals surface area contributed by atoms with Crippen LogP contribution in [0.4, 0.5) is 4.39 Å². The molecule has 0 amide bonds. The zero-order valence-electron chi connectivity index (χ0n) is 8.89. The zero-order chi connectivity index (χ0) is 12.3. The van der Waals surface area contributed by atoms with Crippen molar-refractivity contribution in [2.75, 3.05) is 6.61 Å². The molecule has 5 heteroatoms. The Kier molecular flexibility index (Phi) is 4.16. The third kappa shape index (κ3) is 2.47. The summed E-state index contributed by atoms with van der Waals surface area (Å²) >= 11 is 11.4. The molecule has 0 aliphatic rings. The minimum atomic E-state index is -2.74. The molecular formula is C11H11Cl2FO2. The molecule has 1 atom stereocenters. The van der Waals surface area contributed by atoms with Crippen molar-refractivity contribution >= 4 is 29.2 Å². The van der Waals surface area contributed by atoms with E-state index in [2.05, 4.69) is 4.74 Å². The van der Waals surface area contributed by atoms with Crippen LogP contribution in [0, 0.1) is 6.92 Å². The molecule has 0 aromatic heterocycles. The molecule has 0 aliphatic carbocycles. The number of carbonyl (C=O) groups is 1. The second-order valence-electron chi connectivity index (χ2n) is 3.23. The fourth-order valence-corrected chi connectivity index (χ4v) is 1.74.